The molecule has 0 unspecified atom stereocenters. The molecular weight excluding hydrogens is 314 g/mol. The molecule has 2 heterocycles. The van der Waals surface area contributed by atoms with Gasteiger partial charge in [0.1, 0.15) is 5.01 Å². The van der Waals surface area contributed by atoms with Gasteiger partial charge in [0.15, 0.2) is 11.5 Å². The molecule has 0 spiro atoms. The molecule has 0 fully saturated rings. The Hall–Kier alpha value is -2.41. The van der Waals surface area contributed by atoms with E-state index in [-0.39, 0.29) is 18.1 Å². The van der Waals surface area contributed by atoms with Crippen LogP contribution in [0.4, 0.5) is 5.13 Å². The standard InChI is InChI=1S/C16H17N3O3S/c1-16(2,3)14-18-19-15(23-14)17-13(20)7-5-10-4-6-11-12(8-10)22-9-21-11/h4-8H,9H2,1-3H3,(H,17,19,20). The number of amides is 1. The second-order valence-corrected chi connectivity index (χ2v) is 7.08. The van der Waals surface area contributed by atoms with Crippen LogP contribution in [0.15, 0.2) is 24.3 Å². The highest BCUT2D eigenvalue weighted by Crippen LogP contribution is 2.32. The van der Waals surface area contributed by atoms with E-state index in [4.69, 9.17) is 9.47 Å². The molecule has 0 bridgehead atoms. The summed E-state index contributed by atoms with van der Waals surface area (Å²) in [6, 6.07) is 5.51. The zero-order valence-electron chi connectivity index (χ0n) is 13.1. The molecule has 0 saturated carbocycles. The Morgan fingerprint density at radius 1 is 1.26 bits per heavy atom. The second-order valence-electron chi connectivity index (χ2n) is 6.10. The summed E-state index contributed by atoms with van der Waals surface area (Å²) in [5.74, 6) is 1.15. The third-order valence-corrected chi connectivity index (χ3v) is 4.38. The van der Waals surface area contributed by atoms with Gasteiger partial charge < -0.3 is 9.47 Å². The summed E-state index contributed by atoms with van der Waals surface area (Å²) in [7, 11) is 0. The molecule has 1 aliphatic heterocycles. The number of carbonyl (C=O) groups excluding carboxylic acids is 1. The second kappa shape index (κ2) is 6.00. The van der Waals surface area contributed by atoms with Gasteiger partial charge in [0.2, 0.25) is 17.8 Å². The lowest BCUT2D eigenvalue weighted by Crippen LogP contribution is -2.10. The molecule has 3 rings (SSSR count). The van der Waals surface area contributed by atoms with Crippen LogP contribution in [0, 0.1) is 0 Å². The van der Waals surface area contributed by atoms with Gasteiger partial charge in [0.05, 0.1) is 0 Å². The molecule has 120 valence electrons. The van der Waals surface area contributed by atoms with Gasteiger partial charge in [-0.3, -0.25) is 10.1 Å². The molecule has 2 aromatic rings. The van der Waals surface area contributed by atoms with Crippen molar-refractivity contribution in [2.45, 2.75) is 26.2 Å². The lowest BCUT2D eigenvalue weighted by Gasteiger charge is -2.12. The summed E-state index contributed by atoms with van der Waals surface area (Å²) in [4.78, 5) is 12.0. The number of anilines is 1. The number of nitrogens with one attached hydrogen (secondary N) is 1. The van der Waals surface area contributed by atoms with Crippen molar-refractivity contribution in [3.8, 4) is 11.5 Å². The fourth-order valence-corrected chi connectivity index (χ4v) is 2.72. The van der Waals surface area contributed by atoms with Gasteiger partial charge in [-0.15, -0.1) is 10.2 Å². The first-order valence-electron chi connectivity index (χ1n) is 7.14. The van der Waals surface area contributed by atoms with Gasteiger partial charge >= 0.3 is 0 Å². The number of hydrogen-bond donors (Lipinski definition) is 1. The Bertz CT molecular complexity index is 762. The molecule has 6 nitrogen and oxygen atoms in total. The van der Waals surface area contributed by atoms with Gasteiger partial charge in [-0.1, -0.05) is 38.2 Å². The topological polar surface area (TPSA) is 73.3 Å². The van der Waals surface area contributed by atoms with Crippen molar-refractivity contribution in [3.63, 3.8) is 0 Å². The van der Waals surface area contributed by atoms with Gasteiger partial charge in [0, 0.05) is 11.5 Å². The predicted molar refractivity (Wildman–Crippen MR) is 88.8 cm³/mol. The quantitative estimate of drug-likeness (QED) is 0.874. The summed E-state index contributed by atoms with van der Waals surface area (Å²) < 4.78 is 10.6. The van der Waals surface area contributed by atoms with Crippen LogP contribution in [0.2, 0.25) is 0 Å². The van der Waals surface area contributed by atoms with Crippen molar-refractivity contribution in [1.29, 1.82) is 0 Å². The van der Waals surface area contributed by atoms with E-state index >= 15 is 0 Å². The van der Waals surface area contributed by atoms with E-state index in [1.54, 1.807) is 6.08 Å². The highest BCUT2D eigenvalue weighted by Gasteiger charge is 2.19. The lowest BCUT2D eigenvalue weighted by atomic mass is 9.98. The van der Waals surface area contributed by atoms with Crippen LogP contribution in [0.25, 0.3) is 6.08 Å². The predicted octanol–water partition coefficient (Wildman–Crippen LogP) is 3.22. The Balaban J connectivity index is 1.64. The van der Waals surface area contributed by atoms with E-state index < -0.39 is 0 Å². The van der Waals surface area contributed by atoms with Crippen molar-refractivity contribution in [1.82, 2.24) is 10.2 Å². The fraction of sp³-hybridized carbons (Fsp3) is 0.312. The normalized spacial score (nSPS) is 13.5. The van der Waals surface area contributed by atoms with Crippen LogP contribution >= 0.6 is 11.3 Å². The minimum atomic E-state index is -0.251. The summed E-state index contributed by atoms with van der Waals surface area (Å²) in [5, 5.41) is 12.2. The summed E-state index contributed by atoms with van der Waals surface area (Å²) in [6.45, 7) is 6.39. The third kappa shape index (κ3) is 3.68. The van der Waals surface area contributed by atoms with E-state index in [9.17, 15) is 4.79 Å². The number of nitrogens with zero attached hydrogens (tertiary/aromatic N) is 2. The van der Waals surface area contributed by atoms with E-state index in [0.29, 0.717) is 10.9 Å². The maximum Gasteiger partial charge on any atom is 0.250 e. The Morgan fingerprint density at radius 2 is 2.04 bits per heavy atom. The van der Waals surface area contributed by atoms with Gasteiger partial charge in [-0.2, -0.15) is 0 Å². The lowest BCUT2D eigenvalue weighted by molar-refractivity contribution is -0.111. The molecule has 0 atom stereocenters. The molecule has 0 radical (unpaired) electrons. The molecule has 1 aromatic carbocycles. The van der Waals surface area contributed by atoms with Crippen molar-refractivity contribution >= 4 is 28.5 Å². The zero-order chi connectivity index (χ0) is 16.4. The summed E-state index contributed by atoms with van der Waals surface area (Å²) in [6.07, 6.45) is 3.17. The number of rotatable bonds is 3. The molecule has 0 aliphatic carbocycles. The Kier molecular flexibility index (Phi) is 4.04. The van der Waals surface area contributed by atoms with Crippen LogP contribution in [0.1, 0.15) is 31.3 Å². The van der Waals surface area contributed by atoms with Crippen LogP contribution in [-0.2, 0) is 10.2 Å². The van der Waals surface area contributed by atoms with Crippen LogP contribution < -0.4 is 14.8 Å². The number of benzene rings is 1. The van der Waals surface area contributed by atoms with E-state index in [1.807, 2.05) is 18.2 Å². The first-order valence-corrected chi connectivity index (χ1v) is 7.96. The van der Waals surface area contributed by atoms with E-state index in [0.717, 1.165) is 16.3 Å². The molecule has 0 saturated heterocycles. The van der Waals surface area contributed by atoms with Crippen molar-refractivity contribution in [2.24, 2.45) is 0 Å². The SMILES string of the molecule is CC(C)(C)c1nnc(NC(=O)C=Cc2ccc3c(c2)OCO3)s1. The molecule has 7 heteroatoms. The van der Waals surface area contributed by atoms with Gasteiger partial charge in [-0.05, 0) is 23.8 Å². The van der Waals surface area contributed by atoms with Crippen LogP contribution in [0.3, 0.4) is 0 Å². The fourth-order valence-electron chi connectivity index (χ4n) is 1.91. The summed E-state index contributed by atoms with van der Waals surface area (Å²) in [5.41, 5.74) is 0.778. The van der Waals surface area contributed by atoms with Crippen LogP contribution in [0.5, 0.6) is 11.5 Å². The van der Waals surface area contributed by atoms with E-state index in [2.05, 4.69) is 36.3 Å². The van der Waals surface area contributed by atoms with Crippen molar-refractivity contribution in [3.05, 3.63) is 34.8 Å². The number of fused-ring (bicyclic) bond motifs is 1. The molecule has 23 heavy (non-hydrogen) atoms. The van der Waals surface area contributed by atoms with Crippen LogP contribution in [-0.4, -0.2) is 22.9 Å². The largest absolute Gasteiger partial charge is 0.454 e. The van der Waals surface area contributed by atoms with Gasteiger partial charge in [0.25, 0.3) is 0 Å². The Morgan fingerprint density at radius 3 is 2.78 bits per heavy atom. The number of ether oxygens (including phenoxy) is 2. The zero-order valence-corrected chi connectivity index (χ0v) is 13.9. The monoisotopic (exact) mass is 331 g/mol. The summed E-state index contributed by atoms with van der Waals surface area (Å²) >= 11 is 1.38. The minimum absolute atomic E-state index is 0.0804. The highest BCUT2D eigenvalue weighted by atomic mass is 32.1. The highest BCUT2D eigenvalue weighted by molar-refractivity contribution is 7.15. The first-order chi connectivity index (χ1) is 10.9. The smallest absolute Gasteiger partial charge is 0.250 e. The molecule has 1 N–H and O–H groups in total. The number of hydrogen-bond acceptors (Lipinski definition) is 6. The molecule has 1 amide bonds. The molecule has 1 aromatic heterocycles. The number of carbonyl (C=O) groups is 1. The first kappa shape index (κ1) is 15.5. The van der Waals surface area contributed by atoms with Gasteiger partial charge in [-0.25, -0.2) is 0 Å². The Labute approximate surface area is 138 Å². The molecule has 1 aliphatic rings. The minimum Gasteiger partial charge on any atom is -0.454 e. The van der Waals surface area contributed by atoms with E-state index in [1.165, 1.54) is 17.4 Å². The maximum absolute atomic E-state index is 12.0. The average Bonchev–Trinajstić information content (AvgIpc) is 3.12. The average molecular weight is 331 g/mol. The number of aromatic nitrogens is 2. The van der Waals surface area contributed by atoms with Crippen molar-refractivity contribution in [2.75, 3.05) is 12.1 Å². The molecular formula is C16H17N3O3S. The third-order valence-electron chi connectivity index (χ3n) is 3.12. The maximum atomic E-state index is 12.0. The van der Waals surface area contributed by atoms with Crippen molar-refractivity contribution < 1.29 is 14.3 Å².